The van der Waals surface area contributed by atoms with Crippen LogP contribution in [0.1, 0.15) is 16.7 Å². The van der Waals surface area contributed by atoms with E-state index in [4.69, 9.17) is 9.47 Å². The summed E-state index contributed by atoms with van der Waals surface area (Å²) in [6.07, 6.45) is 0.257. The highest BCUT2D eigenvalue weighted by atomic mass is 16.5. The third kappa shape index (κ3) is 3.01. The molecule has 0 saturated heterocycles. The standard InChI is InChI=1S/C22H20N2O3/c1-24-21(25)12-17-11-19(26-2)20(27-3)13-18(17)22(23-24)16-9-8-14-6-4-5-7-15(14)10-16/h4-11,13H,12H2,1-3H3. The van der Waals surface area contributed by atoms with Gasteiger partial charge in [0.1, 0.15) is 0 Å². The molecule has 0 N–H and O–H groups in total. The van der Waals surface area contributed by atoms with Crippen molar-refractivity contribution >= 4 is 22.4 Å². The van der Waals surface area contributed by atoms with Gasteiger partial charge >= 0.3 is 0 Å². The van der Waals surface area contributed by atoms with Gasteiger partial charge in [0.2, 0.25) is 5.91 Å². The van der Waals surface area contributed by atoms with Gasteiger partial charge in [-0.05, 0) is 34.5 Å². The van der Waals surface area contributed by atoms with Gasteiger partial charge < -0.3 is 9.47 Å². The molecule has 0 fully saturated rings. The summed E-state index contributed by atoms with van der Waals surface area (Å²) in [7, 11) is 4.88. The molecule has 1 aliphatic rings. The Bertz CT molecular complexity index is 1070. The number of hydrogen-bond acceptors (Lipinski definition) is 4. The number of hydrogen-bond donors (Lipinski definition) is 0. The van der Waals surface area contributed by atoms with Gasteiger partial charge in [-0.1, -0.05) is 36.4 Å². The molecule has 0 saturated carbocycles. The summed E-state index contributed by atoms with van der Waals surface area (Å²) in [5.41, 5.74) is 3.43. The molecule has 0 bridgehead atoms. The molecule has 0 atom stereocenters. The fourth-order valence-corrected chi connectivity index (χ4v) is 3.37. The van der Waals surface area contributed by atoms with Crippen LogP contribution in [0.4, 0.5) is 0 Å². The SMILES string of the molecule is COc1cc2c(cc1OC)C(c1ccc3ccccc3c1)=NN(C)C(=O)C2. The maximum Gasteiger partial charge on any atom is 0.246 e. The van der Waals surface area contributed by atoms with Gasteiger partial charge in [0.15, 0.2) is 11.5 Å². The lowest BCUT2D eigenvalue weighted by atomic mass is 9.94. The molecular weight excluding hydrogens is 340 g/mol. The number of nitrogens with zero attached hydrogens (tertiary/aromatic N) is 2. The van der Waals surface area contributed by atoms with Gasteiger partial charge in [0.25, 0.3) is 0 Å². The largest absolute Gasteiger partial charge is 0.493 e. The number of rotatable bonds is 3. The highest BCUT2D eigenvalue weighted by molar-refractivity contribution is 6.16. The number of benzene rings is 3. The molecule has 5 heteroatoms. The molecule has 0 unspecified atom stereocenters. The van der Waals surface area contributed by atoms with Crippen molar-refractivity contribution in [1.82, 2.24) is 5.01 Å². The molecule has 0 aromatic heterocycles. The molecule has 0 radical (unpaired) electrons. The van der Waals surface area contributed by atoms with E-state index in [2.05, 4.69) is 29.4 Å². The van der Waals surface area contributed by atoms with Crippen molar-refractivity contribution in [3.8, 4) is 11.5 Å². The molecule has 5 nitrogen and oxygen atoms in total. The minimum absolute atomic E-state index is 0.0701. The van der Waals surface area contributed by atoms with Gasteiger partial charge in [-0.3, -0.25) is 4.79 Å². The van der Waals surface area contributed by atoms with Crippen molar-refractivity contribution in [3.05, 3.63) is 71.3 Å². The maximum absolute atomic E-state index is 12.5. The summed E-state index contributed by atoms with van der Waals surface area (Å²) >= 11 is 0. The highest BCUT2D eigenvalue weighted by Crippen LogP contribution is 2.34. The summed E-state index contributed by atoms with van der Waals surface area (Å²) in [6, 6.07) is 18.1. The number of methoxy groups -OCH3 is 2. The molecule has 4 rings (SSSR count). The van der Waals surface area contributed by atoms with E-state index in [1.807, 2.05) is 30.3 Å². The second kappa shape index (κ2) is 6.76. The van der Waals surface area contributed by atoms with E-state index in [-0.39, 0.29) is 12.3 Å². The maximum atomic E-state index is 12.5. The van der Waals surface area contributed by atoms with Crippen molar-refractivity contribution in [1.29, 1.82) is 0 Å². The van der Waals surface area contributed by atoms with E-state index in [1.54, 1.807) is 21.3 Å². The Balaban J connectivity index is 1.95. The van der Waals surface area contributed by atoms with Crippen LogP contribution in [0.15, 0.2) is 59.7 Å². The van der Waals surface area contributed by atoms with Crippen molar-refractivity contribution in [2.24, 2.45) is 5.10 Å². The van der Waals surface area contributed by atoms with Crippen LogP contribution in [0.3, 0.4) is 0 Å². The van der Waals surface area contributed by atoms with Crippen LogP contribution in [0.2, 0.25) is 0 Å². The Morgan fingerprint density at radius 1 is 0.926 bits per heavy atom. The van der Waals surface area contributed by atoms with Crippen molar-refractivity contribution in [3.63, 3.8) is 0 Å². The lowest BCUT2D eigenvalue weighted by molar-refractivity contribution is -0.129. The van der Waals surface area contributed by atoms with Gasteiger partial charge in [0, 0.05) is 18.2 Å². The molecule has 1 heterocycles. The Hall–Kier alpha value is -3.34. The first-order chi connectivity index (χ1) is 13.1. The molecule has 3 aromatic carbocycles. The van der Waals surface area contributed by atoms with Crippen LogP contribution >= 0.6 is 0 Å². The number of carbonyl (C=O) groups excluding carboxylic acids is 1. The molecule has 136 valence electrons. The Labute approximate surface area is 157 Å². The minimum atomic E-state index is -0.0701. The normalized spacial score (nSPS) is 13.8. The first kappa shape index (κ1) is 17.1. The average Bonchev–Trinajstić information content (AvgIpc) is 2.82. The third-order valence-electron chi connectivity index (χ3n) is 4.84. The lowest BCUT2D eigenvalue weighted by Gasteiger charge is -2.14. The molecule has 0 aliphatic carbocycles. The number of amides is 1. The predicted molar refractivity (Wildman–Crippen MR) is 106 cm³/mol. The molecule has 0 spiro atoms. The summed E-state index contributed by atoms with van der Waals surface area (Å²) in [5.74, 6) is 1.15. The summed E-state index contributed by atoms with van der Waals surface area (Å²) in [4.78, 5) is 12.5. The number of fused-ring (bicyclic) bond motifs is 2. The number of likely N-dealkylation sites (N-methyl/N-ethyl adjacent to an activating group) is 1. The third-order valence-corrected chi connectivity index (χ3v) is 4.84. The first-order valence-corrected chi connectivity index (χ1v) is 8.70. The van der Waals surface area contributed by atoms with Crippen molar-refractivity contribution < 1.29 is 14.3 Å². The molecule has 1 aliphatic heterocycles. The predicted octanol–water partition coefficient (Wildman–Crippen LogP) is 3.62. The smallest absolute Gasteiger partial charge is 0.246 e. The summed E-state index contributed by atoms with van der Waals surface area (Å²) < 4.78 is 10.9. The van der Waals surface area contributed by atoms with E-state index in [9.17, 15) is 4.79 Å². The van der Waals surface area contributed by atoms with E-state index < -0.39 is 0 Å². The summed E-state index contributed by atoms with van der Waals surface area (Å²) in [5, 5.41) is 8.30. The summed E-state index contributed by atoms with van der Waals surface area (Å²) in [6.45, 7) is 0. The van der Waals surface area contributed by atoms with Crippen LogP contribution in [-0.2, 0) is 11.2 Å². The van der Waals surface area contributed by atoms with Gasteiger partial charge in [0.05, 0.1) is 26.4 Å². The zero-order valence-electron chi connectivity index (χ0n) is 15.5. The fraction of sp³-hybridized carbons (Fsp3) is 0.182. The van der Waals surface area contributed by atoms with Crippen LogP contribution < -0.4 is 9.47 Å². The van der Waals surface area contributed by atoms with Gasteiger partial charge in [-0.25, -0.2) is 5.01 Å². The van der Waals surface area contributed by atoms with Crippen LogP contribution in [0.25, 0.3) is 10.8 Å². The number of ether oxygens (including phenoxy) is 2. The number of hydrazone groups is 1. The second-order valence-electron chi connectivity index (χ2n) is 6.47. The Morgan fingerprint density at radius 2 is 1.63 bits per heavy atom. The van der Waals surface area contributed by atoms with Crippen LogP contribution in [-0.4, -0.2) is 37.9 Å². The quantitative estimate of drug-likeness (QED) is 0.717. The molecule has 1 amide bonds. The van der Waals surface area contributed by atoms with Crippen LogP contribution in [0, 0.1) is 0 Å². The zero-order valence-corrected chi connectivity index (χ0v) is 15.5. The zero-order chi connectivity index (χ0) is 19.0. The highest BCUT2D eigenvalue weighted by Gasteiger charge is 2.24. The molecule has 27 heavy (non-hydrogen) atoms. The van der Waals surface area contributed by atoms with Crippen LogP contribution in [0.5, 0.6) is 11.5 Å². The second-order valence-corrected chi connectivity index (χ2v) is 6.47. The lowest BCUT2D eigenvalue weighted by Crippen LogP contribution is -2.22. The molecule has 3 aromatic rings. The van der Waals surface area contributed by atoms with Gasteiger partial charge in [-0.2, -0.15) is 5.10 Å². The fourth-order valence-electron chi connectivity index (χ4n) is 3.37. The van der Waals surface area contributed by atoms with E-state index in [0.29, 0.717) is 11.5 Å². The topological polar surface area (TPSA) is 51.1 Å². The van der Waals surface area contributed by atoms with Crippen molar-refractivity contribution in [2.75, 3.05) is 21.3 Å². The van der Waals surface area contributed by atoms with Crippen molar-refractivity contribution in [2.45, 2.75) is 6.42 Å². The van der Waals surface area contributed by atoms with E-state index in [0.717, 1.165) is 33.2 Å². The first-order valence-electron chi connectivity index (χ1n) is 8.70. The average molecular weight is 360 g/mol. The van der Waals surface area contributed by atoms with Gasteiger partial charge in [-0.15, -0.1) is 0 Å². The Kier molecular flexibility index (Phi) is 4.28. The molecular formula is C22H20N2O3. The Morgan fingerprint density at radius 3 is 2.37 bits per heavy atom. The van der Waals surface area contributed by atoms with E-state index in [1.165, 1.54) is 5.01 Å². The number of carbonyl (C=O) groups is 1. The minimum Gasteiger partial charge on any atom is -0.493 e. The van der Waals surface area contributed by atoms with E-state index >= 15 is 0 Å². The monoisotopic (exact) mass is 360 g/mol.